The van der Waals surface area contributed by atoms with Crippen molar-refractivity contribution in [2.75, 3.05) is 27.2 Å². The van der Waals surface area contributed by atoms with Crippen molar-refractivity contribution in [2.45, 2.75) is 64.0 Å². The van der Waals surface area contributed by atoms with Crippen LogP contribution in [0.3, 0.4) is 0 Å². The zero-order valence-corrected chi connectivity index (χ0v) is 14.2. The van der Waals surface area contributed by atoms with Gasteiger partial charge < -0.3 is 15.5 Å². The third-order valence-corrected chi connectivity index (χ3v) is 5.59. The molecule has 2 rings (SSSR count). The predicted molar refractivity (Wildman–Crippen MR) is 87.2 cm³/mol. The molecule has 2 aliphatic rings. The Morgan fingerprint density at radius 1 is 1.29 bits per heavy atom. The Morgan fingerprint density at radius 2 is 2.05 bits per heavy atom. The average molecular weight is 295 g/mol. The van der Waals surface area contributed by atoms with Crippen LogP contribution in [0.5, 0.6) is 0 Å². The number of carbonyl (C=O) groups is 1. The van der Waals surface area contributed by atoms with E-state index in [9.17, 15) is 4.79 Å². The number of piperidine rings is 1. The van der Waals surface area contributed by atoms with Crippen LogP contribution in [0, 0.1) is 11.8 Å². The van der Waals surface area contributed by atoms with E-state index in [2.05, 4.69) is 43.5 Å². The fourth-order valence-electron chi connectivity index (χ4n) is 4.04. The van der Waals surface area contributed by atoms with Gasteiger partial charge in [0.05, 0.1) is 6.04 Å². The highest BCUT2D eigenvalue weighted by Crippen LogP contribution is 2.35. The quantitative estimate of drug-likeness (QED) is 0.834. The fraction of sp³-hybridized carbons (Fsp3) is 0.941. The molecule has 0 spiro atoms. The number of hydrogen-bond acceptors (Lipinski definition) is 3. The van der Waals surface area contributed by atoms with Crippen molar-refractivity contribution in [3.63, 3.8) is 0 Å². The maximum atomic E-state index is 12.4. The van der Waals surface area contributed by atoms with Crippen molar-refractivity contribution in [1.29, 1.82) is 0 Å². The Bertz CT molecular complexity index is 358. The van der Waals surface area contributed by atoms with E-state index in [1.54, 1.807) is 0 Å². The van der Waals surface area contributed by atoms with Gasteiger partial charge in [-0.15, -0.1) is 0 Å². The van der Waals surface area contributed by atoms with Gasteiger partial charge in [0.25, 0.3) is 0 Å². The van der Waals surface area contributed by atoms with E-state index in [4.69, 9.17) is 0 Å². The number of carbonyl (C=O) groups excluding carboxylic acids is 1. The molecule has 4 atom stereocenters. The highest BCUT2D eigenvalue weighted by molar-refractivity contribution is 5.81. The van der Waals surface area contributed by atoms with Gasteiger partial charge in [-0.3, -0.25) is 4.79 Å². The first kappa shape index (κ1) is 16.8. The van der Waals surface area contributed by atoms with Crippen LogP contribution in [-0.4, -0.2) is 49.6 Å². The van der Waals surface area contributed by atoms with Crippen LogP contribution in [0.4, 0.5) is 0 Å². The third-order valence-electron chi connectivity index (χ3n) is 5.59. The zero-order chi connectivity index (χ0) is 15.5. The SMILES string of the molecule is CC1CCNC(C(=O)NCC2(N(C)C)CCCC(C)C2)C1. The first-order valence-electron chi connectivity index (χ1n) is 8.61. The number of nitrogens with zero attached hydrogens (tertiary/aromatic N) is 1. The minimum absolute atomic E-state index is 0.00831. The summed E-state index contributed by atoms with van der Waals surface area (Å²) in [6.45, 7) is 6.33. The summed E-state index contributed by atoms with van der Waals surface area (Å²) < 4.78 is 0. The second kappa shape index (κ2) is 7.10. The van der Waals surface area contributed by atoms with E-state index in [1.807, 2.05) is 0 Å². The van der Waals surface area contributed by atoms with E-state index < -0.39 is 0 Å². The largest absolute Gasteiger partial charge is 0.353 e. The monoisotopic (exact) mass is 295 g/mol. The predicted octanol–water partition coefficient (Wildman–Crippen LogP) is 2.00. The van der Waals surface area contributed by atoms with Gasteiger partial charge in [-0.2, -0.15) is 0 Å². The van der Waals surface area contributed by atoms with Crippen LogP contribution < -0.4 is 10.6 Å². The molecule has 1 amide bonds. The van der Waals surface area contributed by atoms with E-state index in [1.165, 1.54) is 32.1 Å². The Hall–Kier alpha value is -0.610. The van der Waals surface area contributed by atoms with Gasteiger partial charge in [-0.05, 0) is 58.2 Å². The molecule has 0 aromatic carbocycles. The number of nitrogens with one attached hydrogen (secondary N) is 2. The zero-order valence-electron chi connectivity index (χ0n) is 14.2. The van der Waals surface area contributed by atoms with Crippen molar-refractivity contribution in [3.8, 4) is 0 Å². The van der Waals surface area contributed by atoms with Gasteiger partial charge in [0.2, 0.25) is 5.91 Å². The Morgan fingerprint density at radius 3 is 2.67 bits per heavy atom. The lowest BCUT2D eigenvalue weighted by molar-refractivity contribution is -0.124. The molecule has 0 bridgehead atoms. The van der Waals surface area contributed by atoms with Gasteiger partial charge in [0, 0.05) is 12.1 Å². The summed E-state index contributed by atoms with van der Waals surface area (Å²) >= 11 is 0. The van der Waals surface area contributed by atoms with Crippen LogP contribution in [0.15, 0.2) is 0 Å². The second-order valence-corrected chi connectivity index (χ2v) is 7.67. The molecule has 1 aliphatic heterocycles. The average Bonchev–Trinajstić information content (AvgIpc) is 2.44. The van der Waals surface area contributed by atoms with Gasteiger partial charge in [-0.1, -0.05) is 26.7 Å². The van der Waals surface area contributed by atoms with Crippen LogP contribution >= 0.6 is 0 Å². The first-order valence-corrected chi connectivity index (χ1v) is 8.61. The summed E-state index contributed by atoms with van der Waals surface area (Å²) in [5.41, 5.74) is 0.146. The van der Waals surface area contributed by atoms with Crippen molar-refractivity contribution >= 4 is 5.91 Å². The molecule has 122 valence electrons. The topological polar surface area (TPSA) is 44.4 Å². The fourth-order valence-corrected chi connectivity index (χ4v) is 4.04. The van der Waals surface area contributed by atoms with Crippen molar-refractivity contribution in [3.05, 3.63) is 0 Å². The second-order valence-electron chi connectivity index (χ2n) is 7.67. The highest BCUT2D eigenvalue weighted by Gasteiger charge is 2.37. The van der Waals surface area contributed by atoms with Gasteiger partial charge in [0.1, 0.15) is 0 Å². The normalized spacial score (nSPS) is 37.5. The molecule has 0 aromatic heterocycles. The van der Waals surface area contributed by atoms with E-state index in [0.29, 0.717) is 5.92 Å². The van der Waals surface area contributed by atoms with E-state index >= 15 is 0 Å². The Balaban J connectivity index is 1.91. The molecule has 0 radical (unpaired) electrons. The maximum absolute atomic E-state index is 12.4. The molecule has 0 aromatic rings. The van der Waals surface area contributed by atoms with Crippen LogP contribution in [-0.2, 0) is 4.79 Å². The maximum Gasteiger partial charge on any atom is 0.237 e. The molecule has 4 nitrogen and oxygen atoms in total. The highest BCUT2D eigenvalue weighted by atomic mass is 16.2. The molecule has 1 heterocycles. The summed E-state index contributed by atoms with van der Waals surface area (Å²) in [6, 6.07) is 0.00831. The number of likely N-dealkylation sites (N-methyl/N-ethyl adjacent to an activating group) is 1. The van der Waals surface area contributed by atoms with E-state index in [0.717, 1.165) is 25.4 Å². The van der Waals surface area contributed by atoms with Gasteiger partial charge >= 0.3 is 0 Å². The van der Waals surface area contributed by atoms with Crippen LogP contribution in [0.25, 0.3) is 0 Å². The lowest BCUT2D eigenvalue weighted by atomic mass is 9.75. The first-order chi connectivity index (χ1) is 9.93. The minimum atomic E-state index is 0.00831. The van der Waals surface area contributed by atoms with Crippen molar-refractivity contribution in [2.24, 2.45) is 11.8 Å². The summed E-state index contributed by atoms with van der Waals surface area (Å²) in [4.78, 5) is 14.8. The van der Waals surface area contributed by atoms with Gasteiger partial charge in [0.15, 0.2) is 0 Å². The lowest BCUT2D eigenvalue weighted by Crippen LogP contribution is -2.57. The molecule has 1 aliphatic carbocycles. The molecule has 1 saturated carbocycles. The number of amides is 1. The standard InChI is InChI=1S/C17H33N3O/c1-13-7-9-18-15(10-13)16(21)19-12-17(20(3)4)8-5-6-14(2)11-17/h13-15,18H,5-12H2,1-4H3,(H,19,21). The molecule has 4 unspecified atom stereocenters. The molecule has 4 heteroatoms. The summed E-state index contributed by atoms with van der Waals surface area (Å²) in [5, 5.41) is 6.60. The van der Waals surface area contributed by atoms with Crippen LogP contribution in [0.2, 0.25) is 0 Å². The number of rotatable bonds is 4. The third kappa shape index (κ3) is 4.19. The molecule has 2 fully saturated rings. The van der Waals surface area contributed by atoms with Gasteiger partial charge in [-0.25, -0.2) is 0 Å². The number of hydrogen-bond donors (Lipinski definition) is 2. The Kier molecular flexibility index (Phi) is 5.67. The molecular weight excluding hydrogens is 262 g/mol. The smallest absolute Gasteiger partial charge is 0.237 e. The molecule has 21 heavy (non-hydrogen) atoms. The molecule has 1 saturated heterocycles. The van der Waals surface area contributed by atoms with Crippen molar-refractivity contribution < 1.29 is 4.79 Å². The lowest BCUT2D eigenvalue weighted by Gasteiger charge is -2.45. The summed E-state index contributed by atoms with van der Waals surface area (Å²) in [6.07, 6.45) is 7.13. The van der Waals surface area contributed by atoms with Crippen molar-refractivity contribution in [1.82, 2.24) is 15.5 Å². The van der Waals surface area contributed by atoms with E-state index in [-0.39, 0.29) is 17.5 Å². The minimum Gasteiger partial charge on any atom is -0.353 e. The summed E-state index contributed by atoms with van der Waals surface area (Å²) in [5.74, 6) is 1.60. The summed E-state index contributed by atoms with van der Waals surface area (Å²) in [7, 11) is 4.32. The molecular formula is C17H33N3O. The molecule has 2 N–H and O–H groups in total. The Labute approximate surface area is 130 Å². The van der Waals surface area contributed by atoms with Crippen LogP contribution in [0.1, 0.15) is 52.4 Å².